The van der Waals surface area contributed by atoms with Crippen LogP contribution in [0.1, 0.15) is 42.9 Å². The Bertz CT molecular complexity index is 692. The number of carbonyl (C=O) groups excluding carboxylic acids is 1. The fourth-order valence-corrected chi connectivity index (χ4v) is 2.88. The highest BCUT2D eigenvalue weighted by Gasteiger charge is 2.33. The normalized spacial score (nSPS) is 15.3. The summed E-state index contributed by atoms with van der Waals surface area (Å²) in [4.78, 5) is 14.6. The first-order valence-electron chi connectivity index (χ1n) is 8.36. The lowest BCUT2D eigenvalue weighted by Gasteiger charge is -2.23. The lowest BCUT2D eigenvalue weighted by Crippen LogP contribution is -2.39. The van der Waals surface area contributed by atoms with Crippen LogP contribution in [0.5, 0.6) is 0 Å². The van der Waals surface area contributed by atoms with Crippen LogP contribution in [0.15, 0.2) is 40.8 Å². The lowest BCUT2D eigenvalue weighted by molar-refractivity contribution is -0.131. The van der Waals surface area contributed by atoms with E-state index in [1.165, 1.54) is 0 Å². The number of benzene rings is 1. The Labute approximate surface area is 147 Å². The van der Waals surface area contributed by atoms with Crippen LogP contribution in [0.4, 0.5) is 0 Å². The number of aryl methyl sites for hydroxylation is 1. The molecule has 1 atom stereocenters. The Kier molecular flexibility index (Phi) is 5.27. The highest BCUT2D eigenvalue weighted by Crippen LogP contribution is 2.29. The number of rotatable bonds is 7. The van der Waals surface area contributed by atoms with Gasteiger partial charge in [0.05, 0.1) is 13.1 Å². The van der Waals surface area contributed by atoms with E-state index in [4.69, 9.17) is 16.0 Å². The second kappa shape index (κ2) is 7.41. The molecule has 0 aliphatic heterocycles. The van der Waals surface area contributed by atoms with Crippen molar-refractivity contribution in [1.82, 2.24) is 10.2 Å². The van der Waals surface area contributed by atoms with Gasteiger partial charge in [-0.15, -0.1) is 0 Å². The Morgan fingerprint density at radius 3 is 2.58 bits per heavy atom. The van der Waals surface area contributed by atoms with E-state index in [0.29, 0.717) is 19.1 Å². The first-order valence-corrected chi connectivity index (χ1v) is 8.74. The molecule has 1 fully saturated rings. The summed E-state index contributed by atoms with van der Waals surface area (Å²) in [5.74, 6) is 1.84. The second-order valence-corrected chi connectivity index (χ2v) is 6.86. The molecule has 1 saturated carbocycles. The summed E-state index contributed by atoms with van der Waals surface area (Å²) in [6.45, 7) is 4.84. The van der Waals surface area contributed by atoms with Crippen molar-refractivity contribution in [3.8, 4) is 0 Å². The van der Waals surface area contributed by atoms with Crippen LogP contribution >= 0.6 is 11.6 Å². The van der Waals surface area contributed by atoms with Crippen LogP contribution in [-0.2, 0) is 11.3 Å². The first-order chi connectivity index (χ1) is 11.5. The molecule has 1 aliphatic carbocycles. The van der Waals surface area contributed by atoms with Crippen molar-refractivity contribution in [2.75, 3.05) is 6.54 Å². The third-order valence-corrected chi connectivity index (χ3v) is 4.61. The fourth-order valence-electron chi connectivity index (χ4n) is 2.76. The number of nitrogens with one attached hydrogen (secondary N) is 1. The molecule has 3 rings (SSSR count). The molecule has 4 nitrogen and oxygen atoms in total. The van der Waals surface area contributed by atoms with Gasteiger partial charge in [-0.1, -0.05) is 23.7 Å². The number of furan rings is 1. The highest BCUT2D eigenvalue weighted by molar-refractivity contribution is 6.30. The van der Waals surface area contributed by atoms with Crippen molar-refractivity contribution in [3.05, 3.63) is 58.5 Å². The van der Waals surface area contributed by atoms with E-state index >= 15 is 0 Å². The highest BCUT2D eigenvalue weighted by atomic mass is 35.5. The SMILES string of the molecule is Cc1ccc(CN(C(=O)CNC(C)c2ccc(Cl)cc2)C2CC2)o1. The molecule has 1 aromatic heterocycles. The standard InChI is InChI=1S/C19H23ClN2O2/c1-13-3-10-18(24-13)12-22(17-8-9-17)19(23)11-21-14(2)15-4-6-16(20)7-5-15/h3-7,10,14,17,21H,8-9,11-12H2,1-2H3. The van der Waals surface area contributed by atoms with Crippen molar-refractivity contribution in [2.45, 2.75) is 45.3 Å². The summed E-state index contributed by atoms with van der Waals surface area (Å²) in [6, 6.07) is 12.0. The molecule has 1 unspecified atom stereocenters. The third-order valence-electron chi connectivity index (χ3n) is 4.36. The van der Waals surface area contributed by atoms with Crippen LogP contribution in [-0.4, -0.2) is 23.4 Å². The van der Waals surface area contributed by atoms with E-state index in [2.05, 4.69) is 5.32 Å². The van der Waals surface area contributed by atoms with Gasteiger partial charge in [0, 0.05) is 17.1 Å². The Balaban J connectivity index is 1.56. The van der Waals surface area contributed by atoms with Crippen molar-refractivity contribution in [1.29, 1.82) is 0 Å². The van der Waals surface area contributed by atoms with Crippen molar-refractivity contribution in [3.63, 3.8) is 0 Å². The van der Waals surface area contributed by atoms with Gasteiger partial charge in [-0.25, -0.2) is 0 Å². The smallest absolute Gasteiger partial charge is 0.237 e. The number of carbonyl (C=O) groups is 1. The maximum Gasteiger partial charge on any atom is 0.237 e. The molecule has 1 aliphatic rings. The molecule has 128 valence electrons. The number of nitrogens with zero attached hydrogens (tertiary/aromatic N) is 1. The van der Waals surface area contributed by atoms with Crippen LogP contribution < -0.4 is 5.32 Å². The molecule has 1 N–H and O–H groups in total. The Hall–Kier alpha value is -1.78. The Morgan fingerprint density at radius 2 is 2.00 bits per heavy atom. The van der Waals surface area contributed by atoms with Gasteiger partial charge in [-0.3, -0.25) is 4.79 Å². The molecule has 1 amide bonds. The number of halogens is 1. The molecule has 0 saturated heterocycles. The van der Waals surface area contributed by atoms with E-state index in [1.807, 2.05) is 55.1 Å². The third kappa shape index (κ3) is 4.40. The van der Waals surface area contributed by atoms with Gasteiger partial charge in [0.2, 0.25) is 5.91 Å². The molecule has 0 spiro atoms. The molecule has 0 bridgehead atoms. The number of hydrogen-bond donors (Lipinski definition) is 1. The summed E-state index contributed by atoms with van der Waals surface area (Å²) in [5, 5.41) is 4.03. The molecule has 24 heavy (non-hydrogen) atoms. The second-order valence-electron chi connectivity index (χ2n) is 6.42. The van der Waals surface area contributed by atoms with E-state index < -0.39 is 0 Å². The topological polar surface area (TPSA) is 45.5 Å². The number of amides is 1. The predicted molar refractivity (Wildman–Crippen MR) is 94.9 cm³/mol. The van der Waals surface area contributed by atoms with Gasteiger partial charge >= 0.3 is 0 Å². The maximum absolute atomic E-state index is 12.6. The zero-order chi connectivity index (χ0) is 17.1. The van der Waals surface area contributed by atoms with Gasteiger partial charge in [-0.05, 0) is 56.5 Å². The summed E-state index contributed by atoms with van der Waals surface area (Å²) >= 11 is 5.92. The molecular formula is C19H23ClN2O2. The van der Waals surface area contributed by atoms with E-state index in [1.54, 1.807) is 0 Å². The summed E-state index contributed by atoms with van der Waals surface area (Å²) in [5.41, 5.74) is 1.12. The van der Waals surface area contributed by atoms with E-state index in [-0.39, 0.29) is 11.9 Å². The summed E-state index contributed by atoms with van der Waals surface area (Å²) in [6.07, 6.45) is 2.16. The van der Waals surface area contributed by atoms with Crippen molar-refractivity contribution >= 4 is 17.5 Å². The summed E-state index contributed by atoms with van der Waals surface area (Å²) in [7, 11) is 0. The van der Waals surface area contributed by atoms with Crippen LogP contribution in [0.2, 0.25) is 5.02 Å². The minimum atomic E-state index is 0.0955. The fraction of sp³-hybridized carbons (Fsp3) is 0.421. The maximum atomic E-state index is 12.6. The number of hydrogen-bond acceptors (Lipinski definition) is 3. The van der Waals surface area contributed by atoms with Crippen molar-refractivity contribution < 1.29 is 9.21 Å². The largest absolute Gasteiger partial charge is 0.464 e. The monoisotopic (exact) mass is 346 g/mol. The molecule has 5 heteroatoms. The van der Waals surface area contributed by atoms with Gasteiger partial charge < -0.3 is 14.6 Å². The molecule has 0 radical (unpaired) electrons. The lowest BCUT2D eigenvalue weighted by atomic mass is 10.1. The quantitative estimate of drug-likeness (QED) is 0.821. The molecule has 1 aromatic carbocycles. The van der Waals surface area contributed by atoms with Gasteiger partial charge in [0.25, 0.3) is 0 Å². The van der Waals surface area contributed by atoms with Crippen molar-refractivity contribution in [2.24, 2.45) is 0 Å². The van der Waals surface area contributed by atoms with Gasteiger partial charge in [-0.2, -0.15) is 0 Å². The summed E-state index contributed by atoms with van der Waals surface area (Å²) < 4.78 is 5.62. The Morgan fingerprint density at radius 1 is 1.29 bits per heavy atom. The minimum absolute atomic E-state index is 0.0955. The van der Waals surface area contributed by atoms with E-state index in [0.717, 1.165) is 34.9 Å². The van der Waals surface area contributed by atoms with Crippen LogP contribution in [0.25, 0.3) is 0 Å². The molecule has 1 heterocycles. The van der Waals surface area contributed by atoms with Crippen LogP contribution in [0.3, 0.4) is 0 Å². The predicted octanol–water partition coefficient (Wildman–Crippen LogP) is 4.08. The van der Waals surface area contributed by atoms with Gasteiger partial charge in [0.15, 0.2) is 0 Å². The average molecular weight is 347 g/mol. The zero-order valence-electron chi connectivity index (χ0n) is 14.1. The first kappa shape index (κ1) is 17.1. The van der Waals surface area contributed by atoms with Crippen LogP contribution in [0, 0.1) is 6.92 Å². The van der Waals surface area contributed by atoms with E-state index in [9.17, 15) is 4.79 Å². The van der Waals surface area contributed by atoms with Gasteiger partial charge in [0.1, 0.15) is 11.5 Å². The minimum Gasteiger partial charge on any atom is -0.464 e. The average Bonchev–Trinajstić information content (AvgIpc) is 3.33. The molecular weight excluding hydrogens is 324 g/mol. The zero-order valence-corrected chi connectivity index (χ0v) is 14.8. The molecule has 2 aromatic rings.